The summed E-state index contributed by atoms with van der Waals surface area (Å²) in [5, 5.41) is 17.9. The molecule has 0 aromatic heterocycles. The van der Waals surface area contributed by atoms with Crippen LogP contribution in [0.3, 0.4) is 0 Å². The van der Waals surface area contributed by atoms with Crippen molar-refractivity contribution in [3.63, 3.8) is 0 Å². The summed E-state index contributed by atoms with van der Waals surface area (Å²) in [4.78, 5) is 0. The molecule has 0 unspecified atom stereocenters. The van der Waals surface area contributed by atoms with E-state index in [4.69, 9.17) is 10.2 Å². The van der Waals surface area contributed by atoms with E-state index in [-0.39, 0.29) is 24.0 Å². The molecule has 0 spiro atoms. The molecule has 0 aliphatic rings. The number of aliphatic hydroxyl groups excluding tert-OH is 2. The highest BCUT2D eigenvalue weighted by Gasteiger charge is 2.16. The van der Waals surface area contributed by atoms with Gasteiger partial charge in [0.2, 0.25) is 0 Å². The molecule has 0 rings (SSSR count). The molecular weight excluding hydrogens is 152 g/mol. The Balaban J connectivity index is 4.23. The fourth-order valence-electron chi connectivity index (χ4n) is 0.557. The van der Waals surface area contributed by atoms with Gasteiger partial charge in [0.25, 0.3) is 0 Å². The fourth-order valence-corrected chi connectivity index (χ4v) is 0.557. The smallest absolute Gasteiger partial charge is 0.0516 e. The summed E-state index contributed by atoms with van der Waals surface area (Å²) in [6, 6.07) is 0. The molecule has 0 aliphatic carbocycles. The minimum absolute atomic E-state index is 0.130. The standard InChI is InChI=1S/C10H20O2/c1-9(2,7-11)5-6-10(3,4)8-12/h5-6,11-12H,7-8H2,1-4H3. The molecule has 0 aromatic carbocycles. The van der Waals surface area contributed by atoms with Gasteiger partial charge >= 0.3 is 0 Å². The summed E-state index contributed by atoms with van der Waals surface area (Å²) in [5.41, 5.74) is -0.376. The van der Waals surface area contributed by atoms with Crippen LogP contribution in [0.1, 0.15) is 27.7 Å². The van der Waals surface area contributed by atoms with Gasteiger partial charge < -0.3 is 10.2 Å². The zero-order valence-electron chi connectivity index (χ0n) is 8.46. The van der Waals surface area contributed by atoms with Crippen LogP contribution in [0.2, 0.25) is 0 Å². The first-order valence-corrected chi connectivity index (χ1v) is 4.25. The van der Waals surface area contributed by atoms with Crippen molar-refractivity contribution in [2.45, 2.75) is 27.7 Å². The van der Waals surface area contributed by atoms with Crippen LogP contribution in [0.25, 0.3) is 0 Å². The van der Waals surface area contributed by atoms with Crippen LogP contribution in [0.15, 0.2) is 12.2 Å². The summed E-state index contributed by atoms with van der Waals surface area (Å²) < 4.78 is 0. The van der Waals surface area contributed by atoms with Gasteiger partial charge in [-0.15, -0.1) is 0 Å². The van der Waals surface area contributed by atoms with Gasteiger partial charge in [0.05, 0.1) is 13.2 Å². The predicted molar refractivity (Wildman–Crippen MR) is 50.9 cm³/mol. The second-order valence-corrected chi connectivity index (χ2v) is 4.63. The number of hydrogen-bond acceptors (Lipinski definition) is 2. The molecule has 0 aromatic rings. The van der Waals surface area contributed by atoms with Crippen molar-refractivity contribution in [2.24, 2.45) is 10.8 Å². The van der Waals surface area contributed by atoms with Gasteiger partial charge in [-0.1, -0.05) is 39.8 Å². The van der Waals surface area contributed by atoms with Gasteiger partial charge in [0.15, 0.2) is 0 Å². The SMILES string of the molecule is CC(C)(C=CC(C)(C)CO)CO. The first kappa shape index (κ1) is 11.7. The molecule has 0 bridgehead atoms. The number of hydrogen-bond donors (Lipinski definition) is 2. The summed E-state index contributed by atoms with van der Waals surface area (Å²) in [6.07, 6.45) is 3.90. The first-order chi connectivity index (χ1) is 5.33. The van der Waals surface area contributed by atoms with Crippen LogP contribution >= 0.6 is 0 Å². The van der Waals surface area contributed by atoms with E-state index in [0.717, 1.165) is 0 Å². The molecule has 0 heterocycles. The van der Waals surface area contributed by atoms with E-state index >= 15 is 0 Å². The second kappa shape index (κ2) is 4.06. The predicted octanol–water partition coefficient (Wildman–Crippen LogP) is 1.58. The topological polar surface area (TPSA) is 40.5 Å². The van der Waals surface area contributed by atoms with Crippen molar-refractivity contribution >= 4 is 0 Å². The van der Waals surface area contributed by atoms with Gasteiger partial charge in [0, 0.05) is 10.8 Å². The summed E-state index contributed by atoms with van der Waals surface area (Å²) in [7, 11) is 0. The van der Waals surface area contributed by atoms with Gasteiger partial charge in [-0.2, -0.15) is 0 Å². The Morgan fingerprint density at radius 2 is 1.08 bits per heavy atom. The first-order valence-electron chi connectivity index (χ1n) is 4.25. The lowest BCUT2D eigenvalue weighted by Crippen LogP contribution is -2.17. The molecule has 2 N–H and O–H groups in total. The lowest BCUT2D eigenvalue weighted by atomic mass is 9.87. The summed E-state index contributed by atoms with van der Waals surface area (Å²) in [6.45, 7) is 8.08. The Hall–Kier alpha value is -0.340. The summed E-state index contributed by atoms with van der Waals surface area (Å²) in [5.74, 6) is 0. The minimum Gasteiger partial charge on any atom is -0.395 e. The van der Waals surface area contributed by atoms with Crippen LogP contribution < -0.4 is 0 Å². The maximum atomic E-state index is 8.95. The highest BCUT2D eigenvalue weighted by atomic mass is 16.3. The molecule has 72 valence electrons. The van der Waals surface area contributed by atoms with E-state index in [0.29, 0.717) is 0 Å². The lowest BCUT2D eigenvalue weighted by molar-refractivity contribution is 0.187. The Morgan fingerprint density at radius 3 is 1.25 bits per heavy atom. The molecule has 0 aliphatic heterocycles. The third kappa shape index (κ3) is 4.52. The van der Waals surface area contributed by atoms with E-state index in [9.17, 15) is 0 Å². The van der Waals surface area contributed by atoms with Crippen LogP contribution in [-0.4, -0.2) is 23.4 Å². The molecule has 2 heteroatoms. The highest BCUT2D eigenvalue weighted by Crippen LogP contribution is 2.22. The molecule has 0 saturated heterocycles. The fraction of sp³-hybridized carbons (Fsp3) is 0.800. The molecule has 12 heavy (non-hydrogen) atoms. The monoisotopic (exact) mass is 172 g/mol. The van der Waals surface area contributed by atoms with Crippen molar-refractivity contribution in [3.8, 4) is 0 Å². The van der Waals surface area contributed by atoms with Crippen LogP contribution in [0, 0.1) is 10.8 Å². The molecule has 0 atom stereocenters. The van der Waals surface area contributed by atoms with Gasteiger partial charge in [-0.3, -0.25) is 0 Å². The molecule has 0 amide bonds. The molecule has 2 nitrogen and oxygen atoms in total. The normalized spacial score (nSPS) is 14.2. The number of aliphatic hydroxyl groups is 2. The Kier molecular flexibility index (Phi) is 3.94. The van der Waals surface area contributed by atoms with Crippen LogP contribution in [0.5, 0.6) is 0 Å². The quantitative estimate of drug-likeness (QED) is 0.632. The van der Waals surface area contributed by atoms with Crippen LogP contribution in [-0.2, 0) is 0 Å². The van der Waals surface area contributed by atoms with E-state index in [1.807, 2.05) is 39.8 Å². The third-order valence-electron chi connectivity index (χ3n) is 1.80. The van der Waals surface area contributed by atoms with Crippen molar-refractivity contribution < 1.29 is 10.2 Å². The third-order valence-corrected chi connectivity index (χ3v) is 1.80. The van der Waals surface area contributed by atoms with Crippen molar-refractivity contribution in [1.82, 2.24) is 0 Å². The Morgan fingerprint density at radius 1 is 0.833 bits per heavy atom. The largest absolute Gasteiger partial charge is 0.395 e. The second-order valence-electron chi connectivity index (χ2n) is 4.63. The number of rotatable bonds is 4. The molecule has 0 saturated carbocycles. The molecular formula is C10H20O2. The summed E-state index contributed by atoms with van der Waals surface area (Å²) >= 11 is 0. The van der Waals surface area contributed by atoms with Gasteiger partial charge in [0.1, 0.15) is 0 Å². The maximum Gasteiger partial charge on any atom is 0.0516 e. The Bertz CT molecular complexity index is 139. The van der Waals surface area contributed by atoms with Gasteiger partial charge in [-0.25, -0.2) is 0 Å². The zero-order chi connectivity index (χ0) is 9.83. The highest BCUT2D eigenvalue weighted by molar-refractivity contribution is 5.01. The average Bonchev–Trinajstić information content (AvgIpc) is 2.02. The van der Waals surface area contributed by atoms with E-state index < -0.39 is 0 Å². The maximum absolute atomic E-state index is 8.95. The van der Waals surface area contributed by atoms with Crippen molar-refractivity contribution in [3.05, 3.63) is 12.2 Å². The lowest BCUT2D eigenvalue weighted by Gasteiger charge is -2.21. The average molecular weight is 172 g/mol. The molecule has 0 fully saturated rings. The molecule has 0 radical (unpaired) electrons. The Labute approximate surface area is 74.9 Å². The van der Waals surface area contributed by atoms with Crippen LogP contribution in [0.4, 0.5) is 0 Å². The van der Waals surface area contributed by atoms with E-state index in [2.05, 4.69) is 0 Å². The van der Waals surface area contributed by atoms with Crippen molar-refractivity contribution in [1.29, 1.82) is 0 Å². The van der Waals surface area contributed by atoms with E-state index in [1.54, 1.807) is 0 Å². The minimum atomic E-state index is -0.188. The zero-order valence-corrected chi connectivity index (χ0v) is 8.46. The van der Waals surface area contributed by atoms with Gasteiger partial charge in [-0.05, 0) is 0 Å². The van der Waals surface area contributed by atoms with E-state index in [1.165, 1.54) is 0 Å². The van der Waals surface area contributed by atoms with Crippen molar-refractivity contribution in [2.75, 3.05) is 13.2 Å².